The first-order chi connectivity index (χ1) is 10.2. The van der Waals surface area contributed by atoms with Gasteiger partial charge in [-0.15, -0.1) is 0 Å². The first-order valence-electron chi connectivity index (χ1n) is 8.33. The number of rotatable bonds is 5. The van der Waals surface area contributed by atoms with Crippen molar-refractivity contribution in [2.24, 2.45) is 29.5 Å². The molecule has 3 aliphatic carbocycles. The van der Waals surface area contributed by atoms with Crippen LogP contribution in [0.15, 0.2) is 0 Å². The molecular formula is C16H25N5. The van der Waals surface area contributed by atoms with E-state index < -0.39 is 0 Å². The number of hydrogen-bond donors (Lipinski definition) is 3. The van der Waals surface area contributed by atoms with Crippen molar-refractivity contribution in [3.8, 4) is 0 Å². The second-order valence-corrected chi connectivity index (χ2v) is 7.01. The van der Waals surface area contributed by atoms with E-state index in [0.717, 1.165) is 59.5 Å². The van der Waals surface area contributed by atoms with Crippen LogP contribution in [0.2, 0.25) is 0 Å². The standard InChI is InChI=1S/C16H25N5/c1-3-4-11-18-15(8(2)16(19-11)21-17)20-14-12-9-5-6-10(7-9)13(12)14/h9-10,12-14H,3-7,17H2,1-2H3,(H2,18,19,20,21). The molecule has 4 N–H and O–H groups in total. The summed E-state index contributed by atoms with van der Waals surface area (Å²) in [5.74, 6) is 12.0. The molecule has 4 rings (SSSR count). The Balaban J connectivity index is 1.56. The third-order valence-electron chi connectivity index (χ3n) is 5.84. The molecule has 3 fully saturated rings. The van der Waals surface area contributed by atoms with E-state index in [1.165, 1.54) is 19.3 Å². The summed E-state index contributed by atoms with van der Waals surface area (Å²) in [7, 11) is 0. The Morgan fingerprint density at radius 3 is 2.43 bits per heavy atom. The predicted octanol–water partition coefficient (Wildman–Crippen LogP) is 2.48. The van der Waals surface area contributed by atoms with Crippen LogP contribution in [0.1, 0.15) is 44.0 Å². The summed E-state index contributed by atoms with van der Waals surface area (Å²) in [6, 6.07) is 0.643. The van der Waals surface area contributed by atoms with E-state index in [-0.39, 0.29) is 0 Å². The van der Waals surface area contributed by atoms with Gasteiger partial charge < -0.3 is 10.7 Å². The molecule has 3 aliphatic rings. The average molecular weight is 287 g/mol. The van der Waals surface area contributed by atoms with Gasteiger partial charge in [-0.3, -0.25) is 0 Å². The quantitative estimate of drug-likeness (QED) is 0.573. The third kappa shape index (κ3) is 2.01. The van der Waals surface area contributed by atoms with Crippen LogP contribution in [0.3, 0.4) is 0 Å². The van der Waals surface area contributed by atoms with E-state index in [2.05, 4.69) is 22.7 Å². The van der Waals surface area contributed by atoms with Gasteiger partial charge in [0, 0.05) is 18.0 Å². The van der Waals surface area contributed by atoms with E-state index in [1.54, 1.807) is 0 Å². The summed E-state index contributed by atoms with van der Waals surface area (Å²) in [6.45, 7) is 4.19. The highest BCUT2D eigenvalue weighted by Gasteiger charge is 2.65. The number of hydrogen-bond acceptors (Lipinski definition) is 5. The van der Waals surface area contributed by atoms with Crippen LogP contribution in [-0.4, -0.2) is 16.0 Å². The van der Waals surface area contributed by atoms with Crippen LogP contribution in [0.5, 0.6) is 0 Å². The van der Waals surface area contributed by atoms with Gasteiger partial charge in [-0.1, -0.05) is 6.92 Å². The molecule has 0 aliphatic heterocycles. The number of nitrogen functional groups attached to an aromatic ring is 1. The van der Waals surface area contributed by atoms with Gasteiger partial charge in [-0.25, -0.2) is 15.8 Å². The van der Waals surface area contributed by atoms with Crippen LogP contribution in [-0.2, 0) is 6.42 Å². The van der Waals surface area contributed by atoms with Crippen molar-refractivity contribution in [2.45, 2.75) is 52.0 Å². The van der Waals surface area contributed by atoms with Gasteiger partial charge in [0.1, 0.15) is 17.5 Å². The van der Waals surface area contributed by atoms with Crippen molar-refractivity contribution in [1.82, 2.24) is 9.97 Å². The van der Waals surface area contributed by atoms with E-state index in [0.29, 0.717) is 6.04 Å². The highest BCUT2D eigenvalue weighted by molar-refractivity contribution is 5.58. The molecule has 1 aromatic heterocycles. The smallest absolute Gasteiger partial charge is 0.148 e. The van der Waals surface area contributed by atoms with Gasteiger partial charge in [0.25, 0.3) is 0 Å². The summed E-state index contributed by atoms with van der Waals surface area (Å²) in [5, 5.41) is 3.71. The molecule has 114 valence electrons. The maximum atomic E-state index is 5.61. The minimum atomic E-state index is 0.643. The molecule has 21 heavy (non-hydrogen) atoms. The lowest BCUT2D eigenvalue weighted by atomic mass is 10.0. The summed E-state index contributed by atoms with van der Waals surface area (Å²) in [5.41, 5.74) is 3.75. The fraction of sp³-hybridized carbons (Fsp3) is 0.750. The molecule has 1 aromatic rings. The third-order valence-corrected chi connectivity index (χ3v) is 5.84. The maximum absolute atomic E-state index is 5.61. The van der Waals surface area contributed by atoms with Gasteiger partial charge in [0.05, 0.1) is 0 Å². The molecule has 0 spiro atoms. The minimum absolute atomic E-state index is 0.643. The van der Waals surface area contributed by atoms with Crippen molar-refractivity contribution < 1.29 is 0 Å². The zero-order valence-electron chi connectivity index (χ0n) is 12.9. The molecule has 0 saturated heterocycles. The number of aryl methyl sites for hydroxylation is 1. The molecule has 0 amide bonds. The van der Waals surface area contributed by atoms with Crippen molar-refractivity contribution >= 4 is 11.6 Å². The Bertz CT molecular complexity index is 542. The molecule has 2 bridgehead atoms. The van der Waals surface area contributed by atoms with Crippen molar-refractivity contribution in [2.75, 3.05) is 10.7 Å². The molecule has 5 heteroatoms. The second kappa shape index (κ2) is 4.83. The topological polar surface area (TPSA) is 75.9 Å². The number of nitrogens with two attached hydrogens (primary N) is 1. The molecule has 4 unspecified atom stereocenters. The van der Waals surface area contributed by atoms with Crippen LogP contribution >= 0.6 is 0 Å². The number of fused-ring (bicyclic) bond motifs is 5. The summed E-state index contributed by atoms with van der Waals surface area (Å²) >= 11 is 0. The Hall–Kier alpha value is -1.36. The monoisotopic (exact) mass is 287 g/mol. The predicted molar refractivity (Wildman–Crippen MR) is 83.8 cm³/mol. The fourth-order valence-corrected chi connectivity index (χ4v) is 4.86. The lowest BCUT2D eigenvalue weighted by molar-refractivity contribution is 0.456. The highest BCUT2D eigenvalue weighted by atomic mass is 15.3. The number of nitrogens with one attached hydrogen (secondary N) is 2. The number of nitrogens with zero attached hydrogens (tertiary/aromatic N) is 2. The summed E-state index contributed by atoms with van der Waals surface area (Å²) in [4.78, 5) is 9.23. The SMILES string of the molecule is CCCc1nc(NN)c(C)c(NC2C3C4CCC(C4)C23)n1. The largest absolute Gasteiger partial charge is 0.366 e. The van der Waals surface area contributed by atoms with Crippen molar-refractivity contribution in [3.63, 3.8) is 0 Å². The van der Waals surface area contributed by atoms with Crippen molar-refractivity contribution in [3.05, 3.63) is 11.4 Å². The van der Waals surface area contributed by atoms with Crippen molar-refractivity contribution in [1.29, 1.82) is 0 Å². The summed E-state index contributed by atoms with van der Waals surface area (Å²) < 4.78 is 0. The Morgan fingerprint density at radius 2 is 1.81 bits per heavy atom. The summed E-state index contributed by atoms with van der Waals surface area (Å²) in [6.07, 6.45) is 6.32. The molecule has 5 nitrogen and oxygen atoms in total. The number of aromatic nitrogens is 2. The molecule has 0 radical (unpaired) electrons. The highest BCUT2D eigenvalue weighted by Crippen LogP contribution is 2.66. The average Bonchev–Trinajstić information content (AvgIpc) is 2.87. The van der Waals surface area contributed by atoms with Gasteiger partial charge in [0.15, 0.2) is 0 Å². The van der Waals surface area contributed by atoms with E-state index in [4.69, 9.17) is 10.8 Å². The Labute approximate surface area is 126 Å². The van der Waals surface area contributed by atoms with Crippen LogP contribution in [0, 0.1) is 30.6 Å². The van der Waals surface area contributed by atoms with E-state index in [9.17, 15) is 0 Å². The minimum Gasteiger partial charge on any atom is -0.366 e. The van der Waals surface area contributed by atoms with Crippen LogP contribution in [0.25, 0.3) is 0 Å². The maximum Gasteiger partial charge on any atom is 0.148 e. The number of hydrazine groups is 1. The van der Waals surface area contributed by atoms with Gasteiger partial charge in [-0.05, 0) is 56.3 Å². The molecular weight excluding hydrogens is 262 g/mol. The van der Waals surface area contributed by atoms with Crippen LogP contribution < -0.4 is 16.6 Å². The normalized spacial score (nSPS) is 35.7. The van der Waals surface area contributed by atoms with Crippen LogP contribution in [0.4, 0.5) is 11.6 Å². The second-order valence-electron chi connectivity index (χ2n) is 7.01. The van der Waals surface area contributed by atoms with Gasteiger partial charge in [-0.2, -0.15) is 0 Å². The first-order valence-corrected chi connectivity index (χ1v) is 8.33. The molecule has 3 saturated carbocycles. The zero-order valence-corrected chi connectivity index (χ0v) is 12.9. The van der Waals surface area contributed by atoms with Gasteiger partial charge in [0.2, 0.25) is 0 Å². The Morgan fingerprint density at radius 1 is 1.14 bits per heavy atom. The Kier molecular flexibility index (Phi) is 3.06. The van der Waals surface area contributed by atoms with E-state index >= 15 is 0 Å². The lowest BCUT2D eigenvalue weighted by Gasteiger charge is -2.16. The fourth-order valence-electron chi connectivity index (χ4n) is 4.86. The number of anilines is 2. The molecule has 1 heterocycles. The molecule has 0 aromatic carbocycles. The molecule has 4 atom stereocenters. The van der Waals surface area contributed by atoms with E-state index in [1.807, 2.05) is 6.92 Å². The lowest BCUT2D eigenvalue weighted by Crippen LogP contribution is -2.18. The first kappa shape index (κ1) is 13.3. The zero-order chi connectivity index (χ0) is 14.6. The van der Waals surface area contributed by atoms with Gasteiger partial charge >= 0.3 is 0 Å².